The number of carbonyl (C=O) groups excluding carboxylic acids is 2. The van der Waals surface area contributed by atoms with Crippen molar-refractivity contribution in [3.05, 3.63) is 29.8 Å². The van der Waals surface area contributed by atoms with E-state index in [9.17, 15) is 9.59 Å². The number of benzene rings is 1. The summed E-state index contributed by atoms with van der Waals surface area (Å²) in [7, 11) is 0. The predicted molar refractivity (Wildman–Crippen MR) is 95.6 cm³/mol. The molecule has 1 aromatic rings. The summed E-state index contributed by atoms with van der Waals surface area (Å²) in [5, 5.41) is 1.45. The molecule has 2 aliphatic heterocycles. The summed E-state index contributed by atoms with van der Waals surface area (Å²) in [6, 6.07) is 7.28. The largest absolute Gasteiger partial charge is 0.490 e. The van der Waals surface area contributed by atoms with Crippen LogP contribution in [0.4, 0.5) is 0 Å². The van der Waals surface area contributed by atoms with Crippen molar-refractivity contribution in [3.8, 4) is 5.75 Å². The van der Waals surface area contributed by atoms with Gasteiger partial charge in [-0.1, -0.05) is 0 Å². The molecule has 0 N–H and O–H groups in total. The molecule has 6 nitrogen and oxygen atoms in total. The quantitative estimate of drug-likeness (QED) is 0.830. The molecule has 2 saturated heterocycles. The molecule has 0 atom stereocenters. The highest BCUT2D eigenvalue weighted by Crippen LogP contribution is 2.32. The Hall–Kier alpha value is -2.08. The van der Waals surface area contributed by atoms with E-state index in [-0.39, 0.29) is 12.0 Å². The third-order valence-electron chi connectivity index (χ3n) is 5.31. The number of hydroxylamine groups is 2. The Balaban J connectivity index is 1.27. The van der Waals surface area contributed by atoms with Crippen LogP contribution in [-0.4, -0.2) is 54.1 Å². The molecule has 1 saturated carbocycles. The number of nitrogens with zero attached hydrogens (tertiary/aromatic N) is 2. The summed E-state index contributed by atoms with van der Waals surface area (Å²) in [5.41, 5.74) is 0.615. The highest BCUT2D eigenvalue weighted by Gasteiger charge is 2.35. The number of amides is 2. The maximum absolute atomic E-state index is 12.4. The second-order valence-electron chi connectivity index (χ2n) is 7.39. The summed E-state index contributed by atoms with van der Waals surface area (Å²) < 4.78 is 6.05. The first-order chi connectivity index (χ1) is 12.7. The van der Waals surface area contributed by atoms with Crippen molar-refractivity contribution in [3.63, 3.8) is 0 Å². The molecule has 1 aliphatic carbocycles. The summed E-state index contributed by atoms with van der Waals surface area (Å²) in [6.45, 7) is 2.82. The van der Waals surface area contributed by atoms with Gasteiger partial charge in [0.05, 0.1) is 6.61 Å². The molecule has 0 radical (unpaired) electrons. The van der Waals surface area contributed by atoms with E-state index in [0.29, 0.717) is 30.5 Å². The minimum Gasteiger partial charge on any atom is -0.490 e. The maximum atomic E-state index is 12.4. The zero-order chi connectivity index (χ0) is 17.9. The number of carbonyl (C=O) groups is 2. The third-order valence-corrected chi connectivity index (χ3v) is 5.31. The standard InChI is InChI=1S/C20H26N2O4/c23-19(15-3-4-15)21-12-9-18(10-13-21)26-17-7-5-16(6-8-17)20(24)22-11-1-2-14-25-22/h5-8,15,18H,1-4,9-14H2. The molecule has 6 heteroatoms. The first-order valence-electron chi connectivity index (χ1n) is 9.71. The van der Waals surface area contributed by atoms with E-state index in [4.69, 9.17) is 9.57 Å². The second kappa shape index (κ2) is 7.66. The fourth-order valence-electron chi connectivity index (χ4n) is 3.55. The molecule has 2 amide bonds. The van der Waals surface area contributed by atoms with Gasteiger partial charge in [0.2, 0.25) is 5.91 Å². The minimum atomic E-state index is -0.0943. The smallest absolute Gasteiger partial charge is 0.277 e. The number of likely N-dealkylation sites (tertiary alicyclic amines) is 1. The van der Waals surface area contributed by atoms with Crippen LogP contribution >= 0.6 is 0 Å². The van der Waals surface area contributed by atoms with Gasteiger partial charge in [0, 0.05) is 44.0 Å². The number of ether oxygens (including phenoxy) is 1. The van der Waals surface area contributed by atoms with Crippen molar-refractivity contribution in [2.45, 2.75) is 44.6 Å². The zero-order valence-electron chi connectivity index (χ0n) is 15.1. The maximum Gasteiger partial charge on any atom is 0.277 e. The van der Waals surface area contributed by atoms with E-state index in [1.54, 1.807) is 12.1 Å². The van der Waals surface area contributed by atoms with Crippen LogP contribution in [0.5, 0.6) is 5.75 Å². The predicted octanol–water partition coefficient (Wildman–Crippen LogP) is 2.63. The lowest BCUT2D eigenvalue weighted by molar-refractivity contribution is -0.144. The van der Waals surface area contributed by atoms with Gasteiger partial charge in [-0.05, 0) is 49.9 Å². The fourth-order valence-corrected chi connectivity index (χ4v) is 3.55. The molecule has 1 aromatic carbocycles. The summed E-state index contributed by atoms with van der Waals surface area (Å²) in [6.07, 6.45) is 5.95. The van der Waals surface area contributed by atoms with Gasteiger partial charge in [0.25, 0.3) is 5.91 Å². The minimum absolute atomic E-state index is 0.0943. The van der Waals surface area contributed by atoms with E-state index in [0.717, 1.165) is 57.4 Å². The van der Waals surface area contributed by atoms with Gasteiger partial charge in [-0.2, -0.15) is 0 Å². The Labute approximate surface area is 154 Å². The lowest BCUT2D eigenvalue weighted by Crippen LogP contribution is -2.42. The van der Waals surface area contributed by atoms with Crippen molar-refractivity contribution in [2.75, 3.05) is 26.2 Å². The molecule has 3 fully saturated rings. The van der Waals surface area contributed by atoms with E-state index in [1.165, 1.54) is 5.06 Å². The summed E-state index contributed by atoms with van der Waals surface area (Å²) in [5.74, 6) is 1.30. The Morgan fingerprint density at radius 1 is 0.962 bits per heavy atom. The van der Waals surface area contributed by atoms with Crippen LogP contribution in [-0.2, 0) is 9.63 Å². The Bertz CT molecular complexity index is 642. The zero-order valence-corrected chi connectivity index (χ0v) is 15.1. The molecular weight excluding hydrogens is 332 g/mol. The lowest BCUT2D eigenvalue weighted by Gasteiger charge is -2.32. The highest BCUT2D eigenvalue weighted by molar-refractivity contribution is 5.93. The van der Waals surface area contributed by atoms with E-state index < -0.39 is 0 Å². The average molecular weight is 358 g/mol. The van der Waals surface area contributed by atoms with Crippen molar-refractivity contribution >= 4 is 11.8 Å². The van der Waals surface area contributed by atoms with Crippen molar-refractivity contribution in [1.82, 2.24) is 9.96 Å². The van der Waals surface area contributed by atoms with E-state index >= 15 is 0 Å². The third kappa shape index (κ3) is 4.01. The monoisotopic (exact) mass is 358 g/mol. The molecule has 0 spiro atoms. The normalized spacial score (nSPS) is 21.5. The average Bonchev–Trinajstić information content (AvgIpc) is 3.54. The number of piperidine rings is 1. The van der Waals surface area contributed by atoms with Gasteiger partial charge < -0.3 is 9.64 Å². The molecule has 26 heavy (non-hydrogen) atoms. The van der Waals surface area contributed by atoms with Crippen LogP contribution in [0.25, 0.3) is 0 Å². The molecule has 0 unspecified atom stereocenters. The Kier molecular flexibility index (Phi) is 5.11. The molecule has 3 aliphatic rings. The highest BCUT2D eigenvalue weighted by atomic mass is 16.7. The molecular formula is C20H26N2O4. The van der Waals surface area contributed by atoms with Crippen LogP contribution in [0.2, 0.25) is 0 Å². The van der Waals surface area contributed by atoms with Gasteiger partial charge in [-0.15, -0.1) is 0 Å². The fraction of sp³-hybridized carbons (Fsp3) is 0.600. The van der Waals surface area contributed by atoms with Crippen molar-refractivity contribution < 1.29 is 19.2 Å². The molecule has 140 valence electrons. The van der Waals surface area contributed by atoms with E-state index in [2.05, 4.69) is 0 Å². The Morgan fingerprint density at radius 3 is 2.31 bits per heavy atom. The SMILES string of the molecule is O=C(C1CC1)N1CCC(Oc2ccc(C(=O)N3CCCCO3)cc2)CC1. The molecule has 0 bridgehead atoms. The van der Waals surface area contributed by atoms with Crippen LogP contribution in [0.15, 0.2) is 24.3 Å². The van der Waals surface area contributed by atoms with Crippen LogP contribution in [0.3, 0.4) is 0 Å². The van der Waals surface area contributed by atoms with E-state index in [1.807, 2.05) is 17.0 Å². The number of hydrogen-bond acceptors (Lipinski definition) is 4. The topological polar surface area (TPSA) is 59.1 Å². The van der Waals surface area contributed by atoms with Gasteiger partial charge in [0.15, 0.2) is 0 Å². The van der Waals surface area contributed by atoms with Crippen molar-refractivity contribution in [1.29, 1.82) is 0 Å². The van der Waals surface area contributed by atoms with Gasteiger partial charge in [-0.25, -0.2) is 5.06 Å². The number of rotatable bonds is 4. The second-order valence-corrected chi connectivity index (χ2v) is 7.39. The van der Waals surface area contributed by atoms with Gasteiger partial charge in [0.1, 0.15) is 11.9 Å². The van der Waals surface area contributed by atoms with Crippen LogP contribution in [0, 0.1) is 5.92 Å². The molecule has 4 rings (SSSR count). The van der Waals surface area contributed by atoms with Crippen LogP contribution < -0.4 is 4.74 Å². The first kappa shape index (κ1) is 17.3. The van der Waals surface area contributed by atoms with Crippen molar-refractivity contribution in [2.24, 2.45) is 5.92 Å². The lowest BCUT2D eigenvalue weighted by atomic mass is 10.1. The summed E-state index contributed by atoms with van der Waals surface area (Å²) >= 11 is 0. The number of hydrogen-bond donors (Lipinski definition) is 0. The van der Waals surface area contributed by atoms with Crippen LogP contribution in [0.1, 0.15) is 48.9 Å². The Morgan fingerprint density at radius 2 is 1.69 bits per heavy atom. The van der Waals surface area contributed by atoms with Gasteiger partial charge in [-0.3, -0.25) is 14.4 Å². The first-order valence-corrected chi connectivity index (χ1v) is 9.71. The van der Waals surface area contributed by atoms with Gasteiger partial charge >= 0.3 is 0 Å². The summed E-state index contributed by atoms with van der Waals surface area (Å²) in [4.78, 5) is 31.9. The molecule has 0 aromatic heterocycles. The molecule has 2 heterocycles.